The van der Waals surface area contributed by atoms with Gasteiger partial charge in [0.15, 0.2) is 5.76 Å². The molecule has 1 saturated heterocycles. The van der Waals surface area contributed by atoms with Crippen LogP contribution in [0.1, 0.15) is 25.5 Å². The van der Waals surface area contributed by atoms with E-state index in [1.165, 1.54) is 12.8 Å². The lowest BCUT2D eigenvalue weighted by Gasteiger charge is -2.31. The highest BCUT2D eigenvalue weighted by Gasteiger charge is 2.21. The number of thiocarbonyl (C=S) groups is 1. The molecule has 0 radical (unpaired) electrons. The molecule has 0 N–H and O–H groups in total. The largest absolute Gasteiger partial charge is 0.454 e. The van der Waals surface area contributed by atoms with Crippen LogP contribution in [0, 0.1) is 5.92 Å². The van der Waals surface area contributed by atoms with Crippen LogP contribution in [0.4, 0.5) is 0 Å². The predicted octanol–water partition coefficient (Wildman–Crippen LogP) is 5.66. The highest BCUT2D eigenvalue weighted by atomic mass is 35.5. The first kappa shape index (κ1) is 15.9. The van der Waals surface area contributed by atoms with Crippen LogP contribution in [-0.4, -0.2) is 23.0 Å². The summed E-state index contributed by atoms with van der Waals surface area (Å²) >= 11 is 17.9. The second-order valence-electron chi connectivity index (χ2n) is 5.74. The summed E-state index contributed by atoms with van der Waals surface area (Å²) in [5.41, 5.74) is 0.787. The van der Waals surface area contributed by atoms with E-state index in [0.29, 0.717) is 15.8 Å². The van der Waals surface area contributed by atoms with Crippen LogP contribution in [0.25, 0.3) is 11.3 Å². The molecular formula is C17H17Cl2NOS. The van der Waals surface area contributed by atoms with Crippen molar-refractivity contribution in [1.82, 2.24) is 4.90 Å². The van der Waals surface area contributed by atoms with Gasteiger partial charge in [0.1, 0.15) is 10.7 Å². The van der Waals surface area contributed by atoms with Gasteiger partial charge in [0.2, 0.25) is 0 Å². The standard InChI is InChI=1S/C17H17Cl2NOS/c1-11-7-9-20(10-8-11)17(22)15-6-5-14(21-15)12-3-2-4-13(18)16(12)19/h2-6,11H,7-10H2,1H3. The van der Waals surface area contributed by atoms with E-state index in [1.54, 1.807) is 6.07 Å². The zero-order valence-corrected chi connectivity index (χ0v) is 14.6. The number of benzene rings is 1. The summed E-state index contributed by atoms with van der Waals surface area (Å²) in [6, 6.07) is 9.31. The van der Waals surface area contributed by atoms with E-state index in [0.717, 1.165) is 35.3 Å². The lowest BCUT2D eigenvalue weighted by Crippen LogP contribution is -2.37. The quantitative estimate of drug-likeness (QED) is 0.648. The Bertz CT molecular complexity index is 690. The van der Waals surface area contributed by atoms with Crippen LogP contribution in [0.15, 0.2) is 34.7 Å². The number of furan rings is 1. The number of rotatable bonds is 2. The molecule has 1 fully saturated rings. The highest BCUT2D eigenvalue weighted by Crippen LogP contribution is 2.34. The van der Waals surface area contributed by atoms with Crippen molar-refractivity contribution in [2.45, 2.75) is 19.8 Å². The van der Waals surface area contributed by atoms with Crippen LogP contribution in [0.2, 0.25) is 10.0 Å². The normalized spacial score (nSPS) is 16.0. The summed E-state index contributed by atoms with van der Waals surface area (Å²) in [5, 5.41) is 1.02. The molecule has 0 spiro atoms. The average molecular weight is 354 g/mol. The van der Waals surface area contributed by atoms with E-state index in [-0.39, 0.29) is 0 Å². The Labute approximate surface area is 146 Å². The van der Waals surface area contributed by atoms with E-state index in [2.05, 4.69) is 11.8 Å². The number of piperidine rings is 1. The van der Waals surface area contributed by atoms with Gasteiger partial charge in [-0.15, -0.1) is 0 Å². The molecule has 0 amide bonds. The van der Waals surface area contributed by atoms with E-state index < -0.39 is 0 Å². The Morgan fingerprint density at radius 3 is 2.64 bits per heavy atom. The predicted molar refractivity (Wildman–Crippen MR) is 95.8 cm³/mol. The van der Waals surface area contributed by atoms with E-state index in [4.69, 9.17) is 39.8 Å². The third-order valence-corrected chi connectivity index (χ3v) is 5.38. The van der Waals surface area contributed by atoms with Gasteiger partial charge < -0.3 is 9.32 Å². The Morgan fingerprint density at radius 1 is 1.18 bits per heavy atom. The van der Waals surface area contributed by atoms with Crippen molar-refractivity contribution in [1.29, 1.82) is 0 Å². The van der Waals surface area contributed by atoms with Crippen molar-refractivity contribution in [3.05, 3.63) is 46.1 Å². The monoisotopic (exact) mass is 353 g/mol. The zero-order chi connectivity index (χ0) is 15.7. The number of halogens is 2. The van der Waals surface area contributed by atoms with Crippen LogP contribution in [0.3, 0.4) is 0 Å². The first-order valence-corrected chi connectivity index (χ1v) is 8.56. The summed E-state index contributed by atoms with van der Waals surface area (Å²) in [6.07, 6.45) is 2.35. The number of likely N-dealkylation sites (tertiary alicyclic amines) is 1. The summed E-state index contributed by atoms with van der Waals surface area (Å²) in [4.78, 5) is 2.99. The maximum atomic E-state index is 6.25. The molecule has 1 aliphatic heterocycles. The lowest BCUT2D eigenvalue weighted by atomic mass is 9.99. The summed E-state index contributed by atoms with van der Waals surface area (Å²) in [7, 11) is 0. The number of hydrogen-bond acceptors (Lipinski definition) is 2. The fourth-order valence-corrected chi connectivity index (χ4v) is 3.35. The Kier molecular flexibility index (Phi) is 4.76. The second-order valence-corrected chi connectivity index (χ2v) is 6.91. The van der Waals surface area contributed by atoms with Crippen LogP contribution >= 0.6 is 35.4 Å². The first-order chi connectivity index (χ1) is 10.6. The van der Waals surface area contributed by atoms with Gasteiger partial charge in [-0.05, 0) is 43.0 Å². The van der Waals surface area contributed by atoms with Gasteiger partial charge in [0.05, 0.1) is 10.0 Å². The minimum absolute atomic E-state index is 0.503. The number of nitrogens with zero attached hydrogens (tertiary/aromatic N) is 1. The van der Waals surface area contributed by atoms with Crippen molar-refractivity contribution < 1.29 is 4.42 Å². The molecule has 1 aromatic carbocycles. The van der Waals surface area contributed by atoms with Gasteiger partial charge in [-0.2, -0.15) is 0 Å². The molecule has 3 rings (SSSR count). The molecule has 5 heteroatoms. The topological polar surface area (TPSA) is 16.4 Å². The van der Waals surface area contributed by atoms with Crippen molar-refractivity contribution in [2.24, 2.45) is 5.92 Å². The SMILES string of the molecule is CC1CCN(C(=S)c2ccc(-c3cccc(Cl)c3Cl)o2)CC1. The molecule has 2 aromatic rings. The molecule has 0 bridgehead atoms. The van der Waals surface area contributed by atoms with Crippen molar-refractivity contribution in [3.63, 3.8) is 0 Å². The molecule has 1 aromatic heterocycles. The Hall–Kier alpha value is -1.03. The molecule has 2 heterocycles. The van der Waals surface area contributed by atoms with Crippen molar-refractivity contribution in [3.8, 4) is 11.3 Å². The third-order valence-electron chi connectivity index (χ3n) is 4.10. The molecular weight excluding hydrogens is 337 g/mol. The summed E-state index contributed by atoms with van der Waals surface area (Å²) in [5.74, 6) is 2.18. The molecule has 2 nitrogen and oxygen atoms in total. The van der Waals surface area contributed by atoms with Gasteiger partial charge in [0, 0.05) is 18.7 Å². The van der Waals surface area contributed by atoms with Gasteiger partial charge in [-0.25, -0.2) is 0 Å². The number of hydrogen-bond donors (Lipinski definition) is 0. The van der Waals surface area contributed by atoms with E-state index in [1.807, 2.05) is 24.3 Å². The first-order valence-electron chi connectivity index (χ1n) is 7.39. The molecule has 116 valence electrons. The molecule has 0 atom stereocenters. The Balaban J connectivity index is 1.82. The summed E-state index contributed by atoms with van der Waals surface area (Å²) < 4.78 is 5.92. The van der Waals surface area contributed by atoms with Crippen molar-refractivity contribution in [2.75, 3.05) is 13.1 Å². The average Bonchev–Trinajstić information content (AvgIpc) is 3.00. The molecule has 0 unspecified atom stereocenters. The van der Waals surface area contributed by atoms with E-state index in [9.17, 15) is 0 Å². The van der Waals surface area contributed by atoms with E-state index >= 15 is 0 Å². The molecule has 0 aliphatic carbocycles. The van der Waals surface area contributed by atoms with Crippen molar-refractivity contribution >= 4 is 40.4 Å². The van der Waals surface area contributed by atoms with Gasteiger partial charge in [0.25, 0.3) is 0 Å². The summed E-state index contributed by atoms with van der Waals surface area (Å²) in [6.45, 7) is 4.27. The maximum Gasteiger partial charge on any atom is 0.162 e. The molecule has 22 heavy (non-hydrogen) atoms. The lowest BCUT2D eigenvalue weighted by molar-refractivity contribution is 0.281. The van der Waals surface area contributed by atoms with Crippen LogP contribution in [-0.2, 0) is 0 Å². The molecule has 1 aliphatic rings. The van der Waals surface area contributed by atoms with Gasteiger partial charge >= 0.3 is 0 Å². The fourth-order valence-electron chi connectivity index (χ4n) is 2.66. The Morgan fingerprint density at radius 2 is 1.91 bits per heavy atom. The third kappa shape index (κ3) is 3.17. The van der Waals surface area contributed by atoms with Crippen LogP contribution in [0.5, 0.6) is 0 Å². The maximum absolute atomic E-state index is 6.25. The second kappa shape index (κ2) is 6.61. The minimum atomic E-state index is 0.503. The van der Waals surface area contributed by atoms with Crippen LogP contribution < -0.4 is 0 Å². The highest BCUT2D eigenvalue weighted by molar-refractivity contribution is 7.80. The zero-order valence-electron chi connectivity index (χ0n) is 12.3. The van der Waals surface area contributed by atoms with Gasteiger partial charge in [-0.3, -0.25) is 0 Å². The van der Waals surface area contributed by atoms with Gasteiger partial charge in [-0.1, -0.05) is 48.4 Å². The minimum Gasteiger partial charge on any atom is -0.454 e. The molecule has 0 saturated carbocycles. The smallest absolute Gasteiger partial charge is 0.162 e. The fraction of sp³-hybridized carbons (Fsp3) is 0.353.